The molecule has 30 heavy (non-hydrogen) atoms. The topological polar surface area (TPSA) is 70.1 Å². The van der Waals surface area contributed by atoms with Gasteiger partial charge in [0.25, 0.3) is 5.91 Å². The molecule has 9 heteroatoms. The average molecular weight is 422 g/mol. The Morgan fingerprint density at radius 1 is 0.967 bits per heavy atom. The van der Waals surface area contributed by atoms with Crippen LogP contribution >= 0.6 is 0 Å². The molecule has 1 fully saturated rings. The van der Waals surface area contributed by atoms with Gasteiger partial charge in [0.1, 0.15) is 5.75 Å². The average Bonchev–Trinajstić information content (AvgIpc) is 2.72. The van der Waals surface area contributed by atoms with Gasteiger partial charge in [-0.25, -0.2) is 4.79 Å². The Bertz CT molecular complexity index is 895. The van der Waals surface area contributed by atoms with Crippen molar-refractivity contribution in [3.05, 3.63) is 65.2 Å². The third-order valence-electron chi connectivity index (χ3n) is 4.85. The van der Waals surface area contributed by atoms with Gasteiger partial charge in [-0.3, -0.25) is 9.69 Å². The van der Waals surface area contributed by atoms with Crippen LogP contribution in [0, 0.1) is 0 Å². The maximum Gasteiger partial charge on any atom is 0.416 e. The number of alkyl halides is 3. The Morgan fingerprint density at radius 2 is 1.63 bits per heavy atom. The summed E-state index contributed by atoms with van der Waals surface area (Å²) in [6.45, 7) is 0.762. The summed E-state index contributed by atoms with van der Waals surface area (Å²) in [5.74, 6) is -1.49. The molecule has 2 aromatic rings. The first kappa shape index (κ1) is 21.6. The lowest BCUT2D eigenvalue weighted by Crippen LogP contribution is -2.48. The van der Waals surface area contributed by atoms with Crippen molar-refractivity contribution in [2.24, 2.45) is 0 Å². The van der Waals surface area contributed by atoms with Crippen molar-refractivity contribution in [2.45, 2.75) is 12.7 Å². The summed E-state index contributed by atoms with van der Waals surface area (Å²) in [4.78, 5) is 26.8. The van der Waals surface area contributed by atoms with Crippen LogP contribution in [0.1, 0.15) is 21.5 Å². The number of ether oxygens (including phenoxy) is 1. The van der Waals surface area contributed by atoms with Gasteiger partial charge in [-0.1, -0.05) is 24.3 Å². The predicted octanol–water partition coefficient (Wildman–Crippen LogP) is 3.13. The summed E-state index contributed by atoms with van der Waals surface area (Å²) in [6, 6.07) is 12.3. The summed E-state index contributed by atoms with van der Waals surface area (Å²) in [7, 11) is 0. The Kier molecular flexibility index (Phi) is 6.61. The molecule has 160 valence electrons. The van der Waals surface area contributed by atoms with E-state index in [4.69, 9.17) is 9.84 Å². The lowest BCUT2D eigenvalue weighted by Gasteiger charge is -2.35. The number of piperazine rings is 1. The van der Waals surface area contributed by atoms with Gasteiger partial charge in [0.15, 0.2) is 6.61 Å². The van der Waals surface area contributed by atoms with Crippen LogP contribution in [0.25, 0.3) is 0 Å². The second-order valence-corrected chi connectivity index (χ2v) is 6.90. The minimum atomic E-state index is -4.59. The predicted molar refractivity (Wildman–Crippen MR) is 102 cm³/mol. The van der Waals surface area contributed by atoms with Gasteiger partial charge < -0.3 is 14.7 Å². The third-order valence-corrected chi connectivity index (χ3v) is 4.85. The number of benzene rings is 2. The molecule has 0 spiro atoms. The van der Waals surface area contributed by atoms with E-state index in [1.54, 1.807) is 34.1 Å². The number of hydrogen-bond donors (Lipinski definition) is 1. The summed E-state index contributed by atoms with van der Waals surface area (Å²) in [6.07, 6.45) is -4.59. The second-order valence-electron chi connectivity index (χ2n) is 6.90. The zero-order valence-corrected chi connectivity index (χ0v) is 16.1. The summed E-state index contributed by atoms with van der Waals surface area (Å²) >= 11 is 0. The quantitative estimate of drug-likeness (QED) is 0.775. The highest BCUT2D eigenvalue weighted by Gasteiger charge is 2.35. The number of hydrogen-bond acceptors (Lipinski definition) is 4. The number of carbonyl (C=O) groups excluding carboxylic acids is 1. The molecule has 0 radical (unpaired) electrons. The Balaban J connectivity index is 1.72. The van der Waals surface area contributed by atoms with E-state index >= 15 is 0 Å². The molecule has 0 aliphatic carbocycles. The molecule has 0 bridgehead atoms. The van der Waals surface area contributed by atoms with Gasteiger partial charge in [-0.15, -0.1) is 0 Å². The number of halogens is 3. The van der Waals surface area contributed by atoms with Crippen molar-refractivity contribution in [1.82, 2.24) is 9.80 Å². The van der Waals surface area contributed by atoms with Crippen molar-refractivity contribution in [2.75, 3.05) is 32.8 Å². The van der Waals surface area contributed by atoms with Crippen molar-refractivity contribution in [3.63, 3.8) is 0 Å². The Hall–Kier alpha value is -3.07. The number of carboxylic acids is 1. The van der Waals surface area contributed by atoms with Crippen molar-refractivity contribution in [1.29, 1.82) is 0 Å². The Labute approximate surface area is 171 Å². The molecule has 6 nitrogen and oxygen atoms in total. The third kappa shape index (κ3) is 5.29. The summed E-state index contributed by atoms with van der Waals surface area (Å²) in [5, 5.41) is 8.80. The lowest BCUT2D eigenvalue weighted by molar-refractivity contribution is -0.139. The maximum absolute atomic E-state index is 13.5. The fourth-order valence-electron chi connectivity index (χ4n) is 3.37. The molecular formula is C21H21F3N2O4. The number of carboxylic acid groups (broad SMARTS) is 1. The van der Waals surface area contributed by atoms with Gasteiger partial charge in [0.2, 0.25) is 0 Å². The van der Waals surface area contributed by atoms with E-state index in [2.05, 4.69) is 0 Å². The fraction of sp³-hybridized carbons (Fsp3) is 0.333. The first-order valence-corrected chi connectivity index (χ1v) is 9.36. The summed E-state index contributed by atoms with van der Waals surface area (Å²) < 4.78 is 45.6. The van der Waals surface area contributed by atoms with Crippen LogP contribution in [-0.2, 0) is 17.5 Å². The molecule has 3 rings (SSSR count). The first-order valence-electron chi connectivity index (χ1n) is 9.36. The highest BCUT2D eigenvalue weighted by atomic mass is 19.4. The van der Waals surface area contributed by atoms with E-state index in [-0.39, 0.29) is 23.8 Å². The first-order chi connectivity index (χ1) is 14.3. The number of nitrogens with zero attached hydrogens (tertiary/aromatic N) is 2. The SMILES string of the molecule is O=C(O)COc1cccc(C(F)(F)F)c1CN1CCN(C(=O)c2ccccc2)CC1. The largest absolute Gasteiger partial charge is 0.482 e. The van der Waals surface area contributed by atoms with Crippen LogP contribution in [0.4, 0.5) is 13.2 Å². The highest BCUT2D eigenvalue weighted by Crippen LogP contribution is 2.37. The van der Waals surface area contributed by atoms with Gasteiger partial charge in [0.05, 0.1) is 5.56 Å². The van der Waals surface area contributed by atoms with Crippen LogP contribution in [0.5, 0.6) is 5.75 Å². The van der Waals surface area contributed by atoms with E-state index in [1.165, 1.54) is 12.1 Å². The zero-order valence-electron chi connectivity index (χ0n) is 16.1. The van der Waals surface area contributed by atoms with Crippen LogP contribution in [0.15, 0.2) is 48.5 Å². The number of carbonyl (C=O) groups is 2. The monoisotopic (exact) mass is 422 g/mol. The van der Waals surface area contributed by atoms with Crippen molar-refractivity contribution < 1.29 is 32.6 Å². The van der Waals surface area contributed by atoms with Gasteiger partial charge in [-0.05, 0) is 24.3 Å². The Morgan fingerprint density at radius 3 is 2.23 bits per heavy atom. The van der Waals surface area contributed by atoms with Crippen molar-refractivity contribution in [3.8, 4) is 5.75 Å². The minimum absolute atomic E-state index is 0.0575. The van der Waals surface area contributed by atoms with Crippen LogP contribution in [0.3, 0.4) is 0 Å². The molecule has 1 heterocycles. The normalized spacial score (nSPS) is 15.1. The second kappa shape index (κ2) is 9.17. The van der Waals surface area contributed by atoms with E-state index in [0.717, 1.165) is 6.07 Å². The molecule has 0 aromatic heterocycles. The van der Waals surface area contributed by atoms with E-state index in [0.29, 0.717) is 31.7 Å². The molecule has 1 saturated heterocycles. The number of rotatable bonds is 6. The van der Waals surface area contributed by atoms with E-state index < -0.39 is 24.3 Å². The molecule has 0 unspecified atom stereocenters. The van der Waals surface area contributed by atoms with Crippen LogP contribution in [0.2, 0.25) is 0 Å². The molecule has 0 atom stereocenters. The van der Waals surface area contributed by atoms with Crippen LogP contribution in [-0.4, -0.2) is 59.6 Å². The zero-order chi connectivity index (χ0) is 21.7. The van der Waals surface area contributed by atoms with Gasteiger partial charge >= 0.3 is 12.1 Å². The lowest BCUT2D eigenvalue weighted by atomic mass is 10.0. The molecule has 1 N–H and O–H groups in total. The minimum Gasteiger partial charge on any atom is -0.482 e. The standard InChI is InChI=1S/C21H21F3N2O4/c22-21(23,24)17-7-4-8-18(30-14-19(27)28)16(17)13-25-9-11-26(12-10-25)20(29)15-5-2-1-3-6-15/h1-8H,9-14H2,(H,27,28). The maximum atomic E-state index is 13.5. The van der Waals surface area contributed by atoms with Crippen molar-refractivity contribution >= 4 is 11.9 Å². The number of aliphatic carboxylic acids is 1. The van der Waals surface area contributed by atoms with E-state index in [1.807, 2.05) is 6.07 Å². The summed E-state index contributed by atoms with van der Waals surface area (Å²) in [5.41, 5.74) is -0.389. The molecule has 2 aromatic carbocycles. The fourth-order valence-corrected chi connectivity index (χ4v) is 3.37. The molecule has 1 aliphatic rings. The smallest absolute Gasteiger partial charge is 0.416 e. The molecule has 1 aliphatic heterocycles. The van der Waals surface area contributed by atoms with Crippen LogP contribution < -0.4 is 4.74 Å². The van der Waals surface area contributed by atoms with Gasteiger partial charge in [0, 0.05) is 43.9 Å². The number of amides is 1. The molecule has 1 amide bonds. The molecular weight excluding hydrogens is 401 g/mol. The van der Waals surface area contributed by atoms with E-state index in [9.17, 15) is 22.8 Å². The molecule has 0 saturated carbocycles. The highest BCUT2D eigenvalue weighted by molar-refractivity contribution is 5.94. The van der Waals surface area contributed by atoms with Gasteiger partial charge in [-0.2, -0.15) is 13.2 Å².